The maximum atomic E-state index is 11.6. The highest BCUT2D eigenvalue weighted by atomic mass is 32.2. The average Bonchev–Trinajstić information content (AvgIpc) is 2.71. The molecular weight excluding hydrogens is 314 g/mol. The Morgan fingerprint density at radius 1 is 1.43 bits per heavy atom. The Labute approximate surface area is 125 Å². The number of aromatic nitrogens is 1. The molecule has 1 aliphatic heterocycles. The van der Waals surface area contributed by atoms with E-state index in [1.54, 1.807) is 12.1 Å². The number of sulfonamides is 1. The van der Waals surface area contributed by atoms with Crippen molar-refractivity contribution < 1.29 is 16.8 Å². The van der Waals surface area contributed by atoms with Gasteiger partial charge in [0.05, 0.1) is 29.6 Å². The molecule has 21 heavy (non-hydrogen) atoms. The van der Waals surface area contributed by atoms with Crippen LogP contribution >= 0.6 is 0 Å². The quantitative estimate of drug-likeness (QED) is 0.841. The van der Waals surface area contributed by atoms with Crippen LogP contribution in [-0.2, 0) is 19.9 Å². The number of pyridine rings is 1. The van der Waals surface area contributed by atoms with Crippen molar-refractivity contribution >= 4 is 31.4 Å². The summed E-state index contributed by atoms with van der Waals surface area (Å²) in [6.07, 6.45) is 3.10. The van der Waals surface area contributed by atoms with Crippen molar-refractivity contribution in [3.8, 4) is 0 Å². The zero-order chi connectivity index (χ0) is 15.7. The third-order valence-electron chi connectivity index (χ3n) is 3.34. The summed E-state index contributed by atoms with van der Waals surface area (Å²) in [4.78, 5) is 6.17. The third-order valence-corrected chi connectivity index (χ3v) is 5.69. The molecular formula is C12H19N3O4S2. The van der Waals surface area contributed by atoms with E-state index in [4.69, 9.17) is 0 Å². The number of anilines is 2. The lowest BCUT2D eigenvalue weighted by molar-refractivity contribution is 0.599. The normalized spacial score (nSPS) is 21.1. The van der Waals surface area contributed by atoms with Gasteiger partial charge in [0, 0.05) is 12.6 Å². The summed E-state index contributed by atoms with van der Waals surface area (Å²) in [6, 6.07) is 3.25. The Kier molecular flexibility index (Phi) is 4.43. The molecule has 118 valence electrons. The van der Waals surface area contributed by atoms with Gasteiger partial charge in [-0.25, -0.2) is 21.8 Å². The van der Waals surface area contributed by atoms with Gasteiger partial charge in [0.1, 0.15) is 5.82 Å². The Balaban J connectivity index is 2.16. The second kappa shape index (κ2) is 5.80. The Morgan fingerprint density at radius 2 is 2.14 bits per heavy atom. The van der Waals surface area contributed by atoms with Crippen molar-refractivity contribution in [1.29, 1.82) is 0 Å². The molecule has 2 heterocycles. The predicted octanol–water partition coefficient (Wildman–Crippen LogP) is 0.466. The number of hydrogen-bond donors (Lipinski definition) is 1. The second-order valence-electron chi connectivity index (χ2n) is 5.12. The first-order valence-corrected chi connectivity index (χ1v) is 10.3. The SMILES string of the molecule is CCN(c1ccc(NS(C)(=O)=O)cn1)C1CCS(=O)(=O)C1. The monoisotopic (exact) mass is 333 g/mol. The first-order chi connectivity index (χ1) is 9.70. The summed E-state index contributed by atoms with van der Waals surface area (Å²) in [5.74, 6) is 1.01. The van der Waals surface area contributed by atoms with Crippen molar-refractivity contribution in [3.05, 3.63) is 18.3 Å². The van der Waals surface area contributed by atoms with E-state index in [1.807, 2.05) is 11.8 Å². The van der Waals surface area contributed by atoms with Gasteiger partial charge in [-0.05, 0) is 25.5 Å². The number of rotatable bonds is 5. The minimum atomic E-state index is -3.33. The maximum Gasteiger partial charge on any atom is 0.229 e. The van der Waals surface area contributed by atoms with E-state index in [1.165, 1.54) is 6.20 Å². The van der Waals surface area contributed by atoms with Gasteiger partial charge >= 0.3 is 0 Å². The summed E-state index contributed by atoms with van der Waals surface area (Å²) < 4.78 is 47.8. The van der Waals surface area contributed by atoms with E-state index in [-0.39, 0.29) is 17.5 Å². The van der Waals surface area contributed by atoms with E-state index in [0.29, 0.717) is 24.5 Å². The van der Waals surface area contributed by atoms with Crippen LogP contribution in [0.25, 0.3) is 0 Å². The second-order valence-corrected chi connectivity index (χ2v) is 9.10. The minimum absolute atomic E-state index is 0.0683. The molecule has 0 bridgehead atoms. The van der Waals surface area contributed by atoms with Gasteiger partial charge in [-0.1, -0.05) is 0 Å². The summed E-state index contributed by atoms with van der Waals surface area (Å²) in [5.41, 5.74) is 0.386. The van der Waals surface area contributed by atoms with Crippen molar-refractivity contribution in [3.63, 3.8) is 0 Å². The largest absolute Gasteiger partial charge is 0.353 e. The first-order valence-electron chi connectivity index (χ1n) is 6.61. The predicted molar refractivity (Wildman–Crippen MR) is 82.8 cm³/mol. The van der Waals surface area contributed by atoms with Gasteiger partial charge in [-0.15, -0.1) is 0 Å². The van der Waals surface area contributed by atoms with Gasteiger partial charge < -0.3 is 4.90 Å². The molecule has 0 spiro atoms. The zero-order valence-corrected chi connectivity index (χ0v) is 13.6. The van der Waals surface area contributed by atoms with Crippen molar-refractivity contribution in [1.82, 2.24) is 4.98 Å². The zero-order valence-electron chi connectivity index (χ0n) is 12.0. The molecule has 1 unspecified atom stereocenters. The van der Waals surface area contributed by atoms with Crippen LogP contribution in [0, 0.1) is 0 Å². The van der Waals surface area contributed by atoms with E-state index in [9.17, 15) is 16.8 Å². The molecule has 2 rings (SSSR count). The number of hydrogen-bond acceptors (Lipinski definition) is 6. The van der Waals surface area contributed by atoms with Crippen molar-refractivity contribution in [2.75, 3.05) is 33.9 Å². The fraction of sp³-hybridized carbons (Fsp3) is 0.583. The van der Waals surface area contributed by atoms with Gasteiger partial charge in [-0.2, -0.15) is 0 Å². The van der Waals surface area contributed by atoms with Crippen LogP contribution in [0.4, 0.5) is 11.5 Å². The number of sulfone groups is 1. The molecule has 1 aromatic heterocycles. The fourth-order valence-corrected chi connectivity index (χ4v) is 4.74. The van der Waals surface area contributed by atoms with Gasteiger partial charge in [-0.3, -0.25) is 4.72 Å². The number of nitrogens with zero attached hydrogens (tertiary/aromatic N) is 2. The lowest BCUT2D eigenvalue weighted by atomic mass is 10.2. The topological polar surface area (TPSA) is 96.4 Å². The van der Waals surface area contributed by atoms with Gasteiger partial charge in [0.15, 0.2) is 9.84 Å². The molecule has 0 radical (unpaired) electrons. The van der Waals surface area contributed by atoms with E-state index in [0.717, 1.165) is 6.26 Å². The van der Waals surface area contributed by atoms with Crippen LogP contribution in [0.1, 0.15) is 13.3 Å². The van der Waals surface area contributed by atoms with Crippen LogP contribution in [0.15, 0.2) is 18.3 Å². The molecule has 1 aliphatic rings. The summed E-state index contributed by atoms with van der Waals surface area (Å²) in [7, 11) is -6.28. The standard InChI is InChI=1S/C12H19N3O4S2/c1-3-15(11-6-7-21(18,19)9-11)12-5-4-10(8-13-12)14-20(2,16)17/h4-5,8,11,14H,3,6-7,9H2,1-2H3. The molecule has 0 aromatic carbocycles. The lowest BCUT2D eigenvalue weighted by Gasteiger charge is -2.28. The smallest absolute Gasteiger partial charge is 0.229 e. The highest BCUT2D eigenvalue weighted by Crippen LogP contribution is 2.23. The molecule has 0 saturated carbocycles. The molecule has 1 atom stereocenters. The molecule has 0 amide bonds. The van der Waals surface area contributed by atoms with Gasteiger partial charge in [0.2, 0.25) is 10.0 Å². The first kappa shape index (κ1) is 16.0. The summed E-state index contributed by atoms with van der Waals surface area (Å²) in [6.45, 7) is 2.58. The lowest BCUT2D eigenvalue weighted by Crippen LogP contribution is -2.36. The Hall–Kier alpha value is -1.35. The van der Waals surface area contributed by atoms with Crippen LogP contribution < -0.4 is 9.62 Å². The van der Waals surface area contributed by atoms with Crippen LogP contribution in [0.5, 0.6) is 0 Å². The van der Waals surface area contributed by atoms with E-state index in [2.05, 4.69) is 9.71 Å². The molecule has 1 aromatic rings. The highest BCUT2D eigenvalue weighted by Gasteiger charge is 2.32. The average molecular weight is 333 g/mol. The fourth-order valence-electron chi connectivity index (χ4n) is 2.46. The minimum Gasteiger partial charge on any atom is -0.353 e. The van der Waals surface area contributed by atoms with Crippen molar-refractivity contribution in [2.45, 2.75) is 19.4 Å². The van der Waals surface area contributed by atoms with Crippen molar-refractivity contribution in [2.24, 2.45) is 0 Å². The molecule has 9 heteroatoms. The highest BCUT2D eigenvalue weighted by molar-refractivity contribution is 7.92. The van der Waals surface area contributed by atoms with Crippen LogP contribution in [0.2, 0.25) is 0 Å². The Morgan fingerprint density at radius 3 is 2.57 bits per heavy atom. The Bertz CT molecular complexity index is 699. The van der Waals surface area contributed by atoms with Crippen LogP contribution in [0.3, 0.4) is 0 Å². The maximum absolute atomic E-state index is 11.6. The van der Waals surface area contributed by atoms with Gasteiger partial charge in [0.25, 0.3) is 0 Å². The van der Waals surface area contributed by atoms with E-state index >= 15 is 0 Å². The number of nitrogens with one attached hydrogen (secondary N) is 1. The molecule has 0 aliphatic carbocycles. The molecule has 7 nitrogen and oxygen atoms in total. The molecule has 1 saturated heterocycles. The summed E-state index contributed by atoms with van der Waals surface area (Å²) >= 11 is 0. The van der Waals surface area contributed by atoms with Crippen LogP contribution in [-0.4, -0.2) is 52.2 Å². The molecule has 1 N–H and O–H groups in total. The van der Waals surface area contributed by atoms with E-state index < -0.39 is 19.9 Å². The summed E-state index contributed by atoms with van der Waals surface area (Å²) in [5, 5.41) is 0. The third kappa shape index (κ3) is 4.31. The molecule has 1 fully saturated rings.